The fraction of sp³-hybridized carbons (Fsp3) is 0.375. The molecule has 0 heterocycles. The molecule has 4 heteroatoms. The predicted octanol–water partition coefficient (Wildman–Crippen LogP) is 2.47. The number of carbonyl (C=O) groups is 2. The number of nitrogens with one attached hydrogen (secondary N) is 1. The van der Waals surface area contributed by atoms with Crippen molar-refractivity contribution in [3.05, 3.63) is 41.5 Å². The standard InChI is InChI=1S/C16H21NO3/c1-12(2)20-16(19)10-11-17-15(18)9-8-14-6-4-13(3)5-7-14/h4-9,12H,10-11H2,1-3H3,(H,17,18)/b9-8+. The molecule has 0 aliphatic heterocycles. The number of hydrogen-bond acceptors (Lipinski definition) is 3. The fourth-order valence-corrected chi connectivity index (χ4v) is 1.52. The Balaban J connectivity index is 2.30. The van der Waals surface area contributed by atoms with Gasteiger partial charge in [0.15, 0.2) is 0 Å². The summed E-state index contributed by atoms with van der Waals surface area (Å²) in [5.41, 5.74) is 2.14. The van der Waals surface area contributed by atoms with Gasteiger partial charge in [-0.25, -0.2) is 0 Å². The maximum atomic E-state index is 11.5. The second-order valence-electron chi connectivity index (χ2n) is 4.82. The van der Waals surface area contributed by atoms with E-state index in [0.717, 1.165) is 5.56 Å². The van der Waals surface area contributed by atoms with E-state index < -0.39 is 0 Å². The van der Waals surface area contributed by atoms with Crippen LogP contribution >= 0.6 is 0 Å². The lowest BCUT2D eigenvalue weighted by Crippen LogP contribution is -2.25. The van der Waals surface area contributed by atoms with Crippen LogP contribution in [-0.2, 0) is 14.3 Å². The zero-order valence-corrected chi connectivity index (χ0v) is 12.2. The minimum atomic E-state index is -0.303. The highest BCUT2D eigenvalue weighted by Crippen LogP contribution is 2.04. The molecule has 1 aromatic rings. The average Bonchev–Trinajstić information content (AvgIpc) is 2.37. The molecule has 1 N–H and O–H groups in total. The third-order valence-corrected chi connectivity index (χ3v) is 2.50. The van der Waals surface area contributed by atoms with E-state index in [1.807, 2.05) is 31.2 Å². The van der Waals surface area contributed by atoms with E-state index in [-0.39, 0.29) is 30.9 Å². The van der Waals surface area contributed by atoms with Crippen LogP contribution in [-0.4, -0.2) is 24.5 Å². The molecule has 0 bridgehead atoms. The van der Waals surface area contributed by atoms with Crippen molar-refractivity contribution in [1.29, 1.82) is 0 Å². The Labute approximate surface area is 119 Å². The van der Waals surface area contributed by atoms with Gasteiger partial charge < -0.3 is 10.1 Å². The van der Waals surface area contributed by atoms with E-state index in [1.54, 1.807) is 19.9 Å². The Kier molecular flexibility index (Phi) is 6.50. The first-order chi connectivity index (χ1) is 9.47. The molecule has 0 aliphatic rings. The van der Waals surface area contributed by atoms with Crippen molar-refractivity contribution in [2.24, 2.45) is 0 Å². The van der Waals surface area contributed by atoms with Crippen LogP contribution in [0.15, 0.2) is 30.3 Å². The molecule has 0 fully saturated rings. The van der Waals surface area contributed by atoms with Crippen LogP contribution in [0.3, 0.4) is 0 Å². The molecule has 0 atom stereocenters. The number of carbonyl (C=O) groups excluding carboxylic acids is 2. The van der Waals surface area contributed by atoms with Gasteiger partial charge in [0.2, 0.25) is 5.91 Å². The highest BCUT2D eigenvalue weighted by Gasteiger charge is 2.05. The fourth-order valence-electron chi connectivity index (χ4n) is 1.52. The lowest BCUT2D eigenvalue weighted by Gasteiger charge is -2.07. The summed E-state index contributed by atoms with van der Waals surface area (Å²) in [5.74, 6) is -0.522. The van der Waals surface area contributed by atoms with Gasteiger partial charge >= 0.3 is 5.97 Å². The van der Waals surface area contributed by atoms with Crippen LogP contribution in [0.1, 0.15) is 31.4 Å². The molecule has 0 radical (unpaired) electrons. The van der Waals surface area contributed by atoms with Crippen LogP contribution in [0.25, 0.3) is 6.08 Å². The summed E-state index contributed by atoms with van der Waals surface area (Å²) in [6.07, 6.45) is 3.25. The minimum absolute atomic E-state index is 0.125. The topological polar surface area (TPSA) is 55.4 Å². The molecule has 1 aromatic carbocycles. The van der Waals surface area contributed by atoms with Gasteiger partial charge in [-0.3, -0.25) is 9.59 Å². The van der Waals surface area contributed by atoms with Crippen molar-refractivity contribution in [3.63, 3.8) is 0 Å². The third kappa shape index (κ3) is 6.73. The van der Waals surface area contributed by atoms with E-state index >= 15 is 0 Å². The average molecular weight is 275 g/mol. The first-order valence-electron chi connectivity index (χ1n) is 6.69. The quantitative estimate of drug-likeness (QED) is 0.641. The smallest absolute Gasteiger partial charge is 0.307 e. The van der Waals surface area contributed by atoms with E-state index in [0.29, 0.717) is 0 Å². The zero-order valence-electron chi connectivity index (χ0n) is 12.2. The van der Waals surface area contributed by atoms with Crippen molar-refractivity contribution in [2.45, 2.75) is 33.3 Å². The van der Waals surface area contributed by atoms with Crippen LogP contribution in [0.4, 0.5) is 0 Å². The van der Waals surface area contributed by atoms with Gasteiger partial charge in [0.05, 0.1) is 12.5 Å². The first kappa shape index (κ1) is 16.0. The molecule has 4 nitrogen and oxygen atoms in total. The molecular weight excluding hydrogens is 254 g/mol. The maximum Gasteiger partial charge on any atom is 0.307 e. The van der Waals surface area contributed by atoms with Crippen molar-refractivity contribution >= 4 is 18.0 Å². The molecular formula is C16H21NO3. The Morgan fingerprint density at radius 1 is 1.25 bits per heavy atom. The van der Waals surface area contributed by atoms with Gasteiger partial charge in [0.25, 0.3) is 0 Å². The van der Waals surface area contributed by atoms with Crippen LogP contribution in [0, 0.1) is 6.92 Å². The van der Waals surface area contributed by atoms with Crippen molar-refractivity contribution in [2.75, 3.05) is 6.54 Å². The molecule has 20 heavy (non-hydrogen) atoms. The van der Waals surface area contributed by atoms with Gasteiger partial charge in [-0.05, 0) is 32.4 Å². The first-order valence-corrected chi connectivity index (χ1v) is 6.69. The molecule has 0 spiro atoms. The van der Waals surface area contributed by atoms with Crippen LogP contribution in [0.5, 0.6) is 0 Å². The van der Waals surface area contributed by atoms with E-state index in [4.69, 9.17) is 4.74 Å². The second kappa shape index (κ2) is 8.15. The summed E-state index contributed by atoms with van der Waals surface area (Å²) in [6.45, 7) is 5.88. The molecule has 1 amide bonds. The molecule has 0 aromatic heterocycles. The van der Waals surface area contributed by atoms with Gasteiger partial charge in [-0.15, -0.1) is 0 Å². The largest absolute Gasteiger partial charge is 0.463 e. The summed E-state index contributed by atoms with van der Waals surface area (Å²) >= 11 is 0. The predicted molar refractivity (Wildman–Crippen MR) is 79.1 cm³/mol. The van der Waals surface area contributed by atoms with E-state index in [1.165, 1.54) is 11.6 Å². The Hall–Kier alpha value is -2.10. The zero-order chi connectivity index (χ0) is 15.0. The van der Waals surface area contributed by atoms with E-state index in [2.05, 4.69) is 5.32 Å². The normalized spacial score (nSPS) is 10.8. The molecule has 1 rings (SSSR count). The number of hydrogen-bond donors (Lipinski definition) is 1. The lowest BCUT2D eigenvalue weighted by molar-refractivity contribution is -0.147. The Bertz CT molecular complexity index is 475. The van der Waals surface area contributed by atoms with Gasteiger partial charge in [-0.1, -0.05) is 29.8 Å². The highest BCUT2D eigenvalue weighted by molar-refractivity contribution is 5.91. The SMILES string of the molecule is Cc1ccc(/C=C/C(=O)NCCC(=O)OC(C)C)cc1. The third-order valence-electron chi connectivity index (χ3n) is 2.50. The van der Waals surface area contributed by atoms with Gasteiger partial charge in [0, 0.05) is 12.6 Å². The Morgan fingerprint density at radius 2 is 1.90 bits per heavy atom. The number of benzene rings is 1. The maximum absolute atomic E-state index is 11.5. The minimum Gasteiger partial charge on any atom is -0.463 e. The highest BCUT2D eigenvalue weighted by atomic mass is 16.5. The summed E-state index contributed by atoms with van der Waals surface area (Å²) in [6, 6.07) is 7.86. The number of amides is 1. The number of esters is 1. The van der Waals surface area contributed by atoms with Crippen molar-refractivity contribution in [1.82, 2.24) is 5.32 Å². The monoisotopic (exact) mass is 275 g/mol. The lowest BCUT2D eigenvalue weighted by atomic mass is 10.1. The van der Waals surface area contributed by atoms with Gasteiger partial charge in [0.1, 0.15) is 0 Å². The molecule has 0 saturated heterocycles. The molecule has 0 aliphatic carbocycles. The molecule has 0 unspecified atom stereocenters. The van der Waals surface area contributed by atoms with Crippen LogP contribution < -0.4 is 5.32 Å². The molecule has 108 valence electrons. The number of aryl methyl sites for hydroxylation is 1. The van der Waals surface area contributed by atoms with Gasteiger partial charge in [-0.2, -0.15) is 0 Å². The van der Waals surface area contributed by atoms with Crippen molar-refractivity contribution < 1.29 is 14.3 Å². The summed E-state index contributed by atoms with van der Waals surface area (Å²) in [4.78, 5) is 22.8. The summed E-state index contributed by atoms with van der Waals surface area (Å²) in [7, 11) is 0. The summed E-state index contributed by atoms with van der Waals surface area (Å²) in [5, 5.41) is 2.64. The number of ether oxygens (including phenoxy) is 1. The van der Waals surface area contributed by atoms with Crippen LogP contribution in [0.2, 0.25) is 0 Å². The Morgan fingerprint density at radius 3 is 2.50 bits per heavy atom. The second-order valence-corrected chi connectivity index (χ2v) is 4.82. The molecule has 0 saturated carbocycles. The number of rotatable bonds is 6. The summed E-state index contributed by atoms with van der Waals surface area (Å²) < 4.78 is 4.96. The van der Waals surface area contributed by atoms with E-state index in [9.17, 15) is 9.59 Å². The van der Waals surface area contributed by atoms with Crippen molar-refractivity contribution in [3.8, 4) is 0 Å².